The number of nitrogens with zero attached hydrogens (tertiary/aromatic N) is 3. The van der Waals surface area contributed by atoms with Crippen molar-refractivity contribution in [1.82, 2.24) is 14.7 Å². The normalized spacial score (nSPS) is 10.6. The molecule has 0 aliphatic carbocycles. The lowest BCUT2D eigenvalue weighted by Gasteiger charge is -2.17. The highest BCUT2D eigenvalue weighted by molar-refractivity contribution is 5.75. The summed E-state index contributed by atoms with van der Waals surface area (Å²) in [6.07, 6.45) is 3.87. The number of aliphatic hydroxyl groups is 1. The Bertz CT molecular complexity index is 612. The lowest BCUT2D eigenvalue weighted by molar-refractivity contribution is -0.131. The minimum atomic E-state index is -0.318. The Morgan fingerprint density at radius 2 is 2.19 bits per heavy atom. The van der Waals surface area contributed by atoms with Crippen LogP contribution in [0.15, 0.2) is 36.7 Å². The lowest BCUT2D eigenvalue weighted by atomic mass is 10.2. The molecule has 1 aromatic carbocycles. The predicted molar refractivity (Wildman–Crippen MR) is 75.9 cm³/mol. The maximum absolute atomic E-state index is 13.5. The van der Waals surface area contributed by atoms with Crippen LogP contribution in [0, 0.1) is 5.82 Å². The Labute approximate surface area is 122 Å². The van der Waals surface area contributed by atoms with E-state index in [0.717, 1.165) is 5.56 Å². The second-order valence-corrected chi connectivity index (χ2v) is 4.86. The summed E-state index contributed by atoms with van der Waals surface area (Å²) in [5, 5.41) is 12.9. The Kier molecular flexibility index (Phi) is 5.05. The van der Waals surface area contributed by atoms with Crippen LogP contribution >= 0.6 is 0 Å². The number of aliphatic hydroxyl groups excluding tert-OH is 1. The van der Waals surface area contributed by atoms with E-state index in [1.807, 2.05) is 0 Å². The van der Waals surface area contributed by atoms with E-state index in [9.17, 15) is 9.18 Å². The zero-order valence-electron chi connectivity index (χ0n) is 11.9. The second-order valence-electron chi connectivity index (χ2n) is 4.86. The molecule has 21 heavy (non-hydrogen) atoms. The Morgan fingerprint density at radius 3 is 2.90 bits per heavy atom. The summed E-state index contributed by atoms with van der Waals surface area (Å²) in [6.45, 7) is 0.361. The van der Waals surface area contributed by atoms with E-state index in [4.69, 9.17) is 5.11 Å². The molecule has 2 aromatic rings. The van der Waals surface area contributed by atoms with Crippen LogP contribution in [-0.2, 0) is 24.3 Å². The van der Waals surface area contributed by atoms with Crippen molar-refractivity contribution in [2.45, 2.75) is 19.5 Å². The largest absolute Gasteiger partial charge is 0.396 e. The molecule has 0 aliphatic heterocycles. The Balaban J connectivity index is 1.94. The van der Waals surface area contributed by atoms with Crippen molar-refractivity contribution < 1.29 is 14.3 Å². The third kappa shape index (κ3) is 4.13. The number of amides is 1. The van der Waals surface area contributed by atoms with Gasteiger partial charge < -0.3 is 10.0 Å². The number of carbonyl (C=O) groups is 1. The van der Waals surface area contributed by atoms with Gasteiger partial charge in [0.2, 0.25) is 5.91 Å². The van der Waals surface area contributed by atoms with Crippen LogP contribution in [0.4, 0.5) is 4.39 Å². The van der Waals surface area contributed by atoms with Gasteiger partial charge in [0.05, 0.1) is 6.20 Å². The molecule has 6 heteroatoms. The van der Waals surface area contributed by atoms with Gasteiger partial charge in [-0.15, -0.1) is 0 Å². The molecule has 0 aliphatic rings. The molecule has 0 fully saturated rings. The molecule has 0 saturated heterocycles. The minimum Gasteiger partial charge on any atom is -0.396 e. The molecular weight excluding hydrogens is 273 g/mol. The van der Waals surface area contributed by atoms with Crippen LogP contribution in [0.5, 0.6) is 0 Å². The topological polar surface area (TPSA) is 58.4 Å². The van der Waals surface area contributed by atoms with Gasteiger partial charge in [-0.05, 0) is 18.1 Å². The molecule has 0 atom stereocenters. The molecule has 0 saturated carbocycles. The van der Waals surface area contributed by atoms with Crippen LogP contribution in [-0.4, -0.2) is 39.3 Å². The molecule has 112 valence electrons. The molecule has 1 aromatic heterocycles. The molecule has 5 nitrogen and oxygen atoms in total. The van der Waals surface area contributed by atoms with E-state index in [0.29, 0.717) is 12.0 Å². The van der Waals surface area contributed by atoms with E-state index in [1.54, 1.807) is 37.6 Å². The van der Waals surface area contributed by atoms with Gasteiger partial charge in [0, 0.05) is 32.0 Å². The van der Waals surface area contributed by atoms with Gasteiger partial charge in [-0.1, -0.05) is 18.2 Å². The Hall–Kier alpha value is -2.21. The second kappa shape index (κ2) is 6.99. The van der Waals surface area contributed by atoms with Crippen LogP contribution in [0.1, 0.15) is 11.1 Å². The highest BCUT2D eigenvalue weighted by Crippen LogP contribution is 2.09. The van der Waals surface area contributed by atoms with Gasteiger partial charge in [0.25, 0.3) is 0 Å². The molecule has 0 bridgehead atoms. The summed E-state index contributed by atoms with van der Waals surface area (Å²) in [4.78, 5) is 13.6. The summed E-state index contributed by atoms with van der Waals surface area (Å²) in [5.74, 6) is -0.474. The summed E-state index contributed by atoms with van der Waals surface area (Å²) in [5.41, 5.74) is 1.36. The number of halogens is 1. The zero-order chi connectivity index (χ0) is 15.2. The fourth-order valence-electron chi connectivity index (χ4n) is 1.98. The molecule has 0 unspecified atom stereocenters. The first-order valence-electron chi connectivity index (χ1n) is 6.69. The van der Waals surface area contributed by atoms with Gasteiger partial charge in [0.15, 0.2) is 0 Å². The Morgan fingerprint density at radius 1 is 1.43 bits per heavy atom. The fraction of sp³-hybridized carbons (Fsp3) is 0.333. The van der Waals surface area contributed by atoms with Crippen LogP contribution in [0.25, 0.3) is 0 Å². The van der Waals surface area contributed by atoms with E-state index < -0.39 is 0 Å². The molecule has 1 N–H and O–H groups in total. The van der Waals surface area contributed by atoms with Crippen LogP contribution < -0.4 is 0 Å². The SMILES string of the molecule is CN(Cc1ccccc1F)C(=O)Cn1cc(CCO)cn1. The molecule has 0 radical (unpaired) electrons. The van der Waals surface area contributed by atoms with Gasteiger partial charge >= 0.3 is 0 Å². The average Bonchev–Trinajstić information content (AvgIpc) is 2.89. The van der Waals surface area contributed by atoms with Crippen LogP contribution in [0.2, 0.25) is 0 Å². The average molecular weight is 291 g/mol. The van der Waals surface area contributed by atoms with Crippen LogP contribution in [0.3, 0.4) is 0 Å². The minimum absolute atomic E-state index is 0.0484. The maximum atomic E-state index is 13.5. The van der Waals surface area contributed by atoms with Crippen molar-refractivity contribution in [1.29, 1.82) is 0 Å². The summed E-state index contributed by atoms with van der Waals surface area (Å²) >= 11 is 0. The first kappa shape index (κ1) is 15.2. The van der Waals surface area contributed by atoms with Crippen molar-refractivity contribution in [3.63, 3.8) is 0 Å². The van der Waals surface area contributed by atoms with Crippen molar-refractivity contribution in [3.8, 4) is 0 Å². The number of aromatic nitrogens is 2. The lowest BCUT2D eigenvalue weighted by Crippen LogP contribution is -2.30. The number of benzene rings is 1. The summed E-state index contributed by atoms with van der Waals surface area (Å²) in [7, 11) is 1.63. The monoisotopic (exact) mass is 291 g/mol. The molecule has 0 spiro atoms. The highest BCUT2D eigenvalue weighted by atomic mass is 19.1. The fourth-order valence-corrected chi connectivity index (χ4v) is 1.98. The van der Waals surface area contributed by atoms with Crippen molar-refractivity contribution in [3.05, 3.63) is 53.6 Å². The smallest absolute Gasteiger partial charge is 0.244 e. The third-order valence-corrected chi connectivity index (χ3v) is 3.18. The standard InChI is InChI=1S/C15H18FN3O2/c1-18(10-13-4-2-3-5-14(13)16)15(21)11-19-9-12(6-7-20)8-17-19/h2-5,8-9,20H,6-7,10-11H2,1H3. The van der Waals surface area contributed by atoms with E-state index in [2.05, 4.69) is 5.10 Å². The first-order chi connectivity index (χ1) is 10.1. The van der Waals surface area contributed by atoms with Crippen molar-refractivity contribution in [2.24, 2.45) is 0 Å². The number of carbonyl (C=O) groups excluding carboxylic acids is 1. The number of likely N-dealkylation sites (N-methyl/N-ethyl adjacent to an activating group) is 1. The quantitative estimate of drug-likeness (QED) is 0.870. The number of hydrogen-bond donors (Lipinski definition) is 1. The highest BCUT2D eigenvalue weighted by Gasteiger charge is 2.12. The molecule has 1 amide bonds. The van der Waals surface area contributed by atoms with Crippen molar-refractivity contribution >= 4 is 5.91 Å². The van der Waals surface area contributed by atoms with Gasteiger partial charge in [-0.3, -0.25) is 9.48 Å². The van der Waals surface area contributed by atoms with Gasteiger partial charge in [0.1, 0.15) is 12.4 Å². The van der Waals surface area contributed by atoms with E-state index >= 15 is 0 Å². The molecule has 2 rings (SSSR count). The van der Waals surface area contributed by atoms with E-state index in [-0.39, 0.29) is 31.4 Å². The van der Waals surface area contributed by atoms with Crippen molar-refractivity contribution in [2.75, 3.05) is 13.7 Å². The zero-order valence-corrected chi connectivity index (χ0v) is 11.9. The van der Waals surface area contributed by atoms with E-state index in [1.165, 1.54) is 15.6 Å². The number of hydrogen-bond acceptors (Lipinski definition) is 3. The van der Waals surface area contributed by atoms with Gasteiger partial charge in [-0.25, -0.2) is 4.39 Å². The third-order valence-electron chi connectivity index (χ3n) is 3.18. The summed E-state index contributed by atoms with van der Waals surface area (Å²) < 4.78 is 15.1. The maximum Gasteiger partial charge on any atom is 0.244 e. The molecule has 1 heterocycles. The predicted octanol–water partition coefficient (Wildman–Crippen LogP) is 1.22. The summed E-state index contributed by atoms with van der Waals surface area (Å²) in [6, 6.07) is 6.40. The molecular formula is C15H18FN3O2. The number of rotatable bonds is 6. The first-order valence-corrected chi connectivity index (χ1v) is 6.69. The van der Waals surface area contributed by atoms with Gasteiger partial charge in [-0.2, -0.15) is 5.10 Å².